The van der Waals surface area contributed by atoms with E-state index in [0.717, 1.165) is 25.9 Å². The zero-order chi connectivity index (χ0) is 20.2. The topological polar surface area (TPSA) is 123 Å². The highest BCUT2D eigenvalue weighted by Gasteiger charge is 2.22. The Bertz CT molecular complexity index is 1040. The molecule has 1 amide bonds. The van der Waals surface area contributed by atoms with E-state index in [1.54, 1.807) is 11.0 Å². The van der Waals surface area contributed by atoms with Crippen LogP contribution in [0.15, 0.2) is 43.2 Å². The summed E-state index contributed by atoms with van der Waals surface area (Å²) in [7, 11) is 0. The molecule has 29 heavy (non-hydrogen) atoms. The molecule has 1 saturated heterocycles. The van der Waals surface area contributed by atoms with E-state index >= 15 is 0 Å². The highest BCUT2D eigenvalue weighted by molar-refractivity contribution is 6.02. The molecule has 1 fully saturated rings. The quantitative estimate of drug-likeness (QED) is 0.493. The number of hydrogen-bond acceptors (Lipinski definition) is 7. The van der Waals surface area contributed by atoms with E-state index in [4.69, 9.17) is 4.74 Å². The number of aromatic amines is 1. The number of hydrogen-bond donors (Lipinski definition) is 1. The Morgan fingerprint density at radius 3 is 2.79 bits per heavy atom. The molecule has 10 heteroatoms. The molecule has 1 aliphatic heterocycles. The van der Waals surface area contributed by atoms with Crippen molar-refractivity contribution >= 4 is 17.7 Å². The van der Waals surface area contributed by atoms with Crippen LogP contribution in [-0.4, -0.2) is 67.0 Å². The third-order valence-electron chi connectivity index (χ3n) is 4.61. The van der Waals surface area contributed by atoms with Crippen molar-refractivity contribution in [1.82, 2.24) is 29.6 Å². The number of likely N-dealkylation sites (tertiary alicyclic amines) is 1. The smallest absolute Gasteiger partial charge is 0.342 e. The van der Waals surface area contributed by atoms with Gasteiger partial charge in [0.25, 0.3) is 5.91 Å². The summed E-state index contributed by atoms with van der Waals surface area (Å²) in [5.74, 6) is -1.00. The number of pyridine rings is 1. The minimum absolute atomic E-state index is 0.133. The lowest BCUT2D eigenvalue weighted by atomic mass is 10.2. The number of nitrogens with zero attached hydrogens (tertiary/aromatic N) is 5. The molecule has 0 spiro atoms. The maximum Gasteiger partial charge on any atom is 0.342 e. The highest BCUT2D eigenvalue weighted by Crippen LogP contribution is 2.15. The van der Waals surface area contributed by atoms with Gasteiger partial charge in [0.15, 0.2) is 12.4 Å². The summed E-state index contributed by atoms with van der Waals surface area (Å²) < 4.78 is 6.49. The fourth-order valence-corrected chi connectivity index (χ4v) is 3.12. The zero-order valence-electron chi connectivity index (χ0n) is 15.4. The number of ketones is 1. The maximum atomic E-state index is 12.4. The number of carbonyl (C=O) groups excluding carboxylic acids is 3. The van der Waals surface area contributed by atoms with Gasteiger partial charge in [0.2, 0.25) is 5.78 Å². The molecule has 0 bridgehead atoms. The van der Waals surface area contributed by atoms with E-state index in [2.05, 4.69) is 20.1 Å². The molecule has 0 aliphatic carbocycles. The van der Waals surface area contributed by atoms with Crippen LogP contribution in [0.2, 0.25) is 0 Å². The van der Waals surface area contributed by atoms with E-state index in [1.807, 2.05) is 0 Å². The third-order valence-corrected chi connectivity index (χ3v) is 4.61. The zero-order valence-corrected chi connectivity index (χ0v) is 15.4. The lowest BCUT2D eigenvalue weighted by Crippen LogP contribution is -2.27. The summed E-state index contributed by atoms with van der Waals surface area (Å²) in [6.45, 7) is 0.982. The summed E-state index contributed by atoms with van der Waals surface area (Å²) >= 11 is 0. The van der Waals surface area contributed by atoms with Gasteiger partial charge in [-0.15, -0.1) is 0 Å². The van der Waals surface area contributed by atoms with Crippen LogP contribution in [0, 0.1) is 0 Å². The monoisotopic (exact) mass is 394 g/mol. The summed E-state index contributed by atoms with van der Waals surface area (Å²) in [6.07, 6.45) is 7.66. The number of H-pyrrole nitrogens is 1. The number of ether oxygens (including phenoxy) is 1. The fraction of sp³-hybridized carbons (Fsp3) is 0.263. The average molecular weight is 394 g/mol. The highest BCUT2D eigenvalue weighted by atomic mass is 16.5. The van der Waals surface area contributed by atoms with Gasteiger partial charge in [0.05, 0.1) is 0 Å². The summed E-state index contributed by atoms with van der Waals surface area (Å²) in [5.41, 5.74) is 0.787. The van der Waals surface area contributed by atoms with Crippen molar-refractivity contribution in [2.75, 3.05) is 19.7 Å². The van der Waals surface area contributed by atoms with Gasteiger partial charge in [0.1, 0.15) is 23.9 Å². The molecule has 0 unspecified atom stereocenters. The first-order valence-corrected chi connectivity index (χ1v) is 9.11. The minimum atomic E-state index is -0.708. The molecular weight excluding hydrogens is 376 g/mol. The van der Waals surface area contributed by atoms with E-state index < -0.39 is 18.4 Å². The number of aromatic nitrogens is 5. The van der Waals surface area contributed by atoms with Crippen molar-refractivity contribution in [3.05, 3.63) is 60.1 Å². The summed E-state index contributed by atoms with van der Waals surface area (Å²) in [5, 5.41) is 3.95. The first-order valence-electron chi connectivity index (χ1n) is 9.11. The molecule has 1 aliphatic rings. The normalized spacial score (nSPS) is 13.4. The van der Waals surface area contributed by atoms with Gasteiger partial charge in [-0.3, -0.25) is 9.59 Å². The van der Waals surface area contributed by atoms with Gasteiger partial charge in [0, 0.05) is 31.0 Å². The Kier molecular flexibility index (Phi) is 5.14. The van der Waals surface area contributed by atoms with E-state index in [9.17, 15) is 14.4 Å². The molecule has 0 atom stereocenters. The van der Waals surface area contributed by atoms with Crippen molar-refractivity contribution in [1.29, 1.82) is 0 Å². The lowest BCUT2D eigenvalue weighted by Gasteiger charge is -2.13. The van der Waals surface area contributed by atoms with Crippen molar-refractivity contribution in [2.45, 2.75) is 12.8 Å². The van der Waals surface area contributed by atoms with Gasteiger partial charge < -0.3 is 14.6 Å². The van der Waals surface area contributed by atoms with E-state index in [-0.39, 0.29) is 22.9 Å². The van der Waals surface area contributed by atoms with Crippen LogP contribution in [0.25, 0.3) is 5.82 Å². The second-order valence-electron chi connectivity index (χ2n) is 6.52. The molecule has 1 N–H and O–H groups in total. The Morgan fingerprint density at radius 1 is 1.21 bits per heavy atom. The van der Waals surface area contributed by atoms with Crippen molar-refractivity contribution < 1.29 is 19.1 Å². The first-order chi connectivity index (χ1) is 14.1. The van der Waals surface area contributed by atoms with Gasteiger partial charge in [-0.1, -0.05) is 0 Å². The molecule has 4 rings (SSSR count). The van der Waals surface area contributed by atoms with Gasteiger partial charge in [-0.2, -0.15) is 5.10 Å². The predicted octanol–water partition coefficient (Wildman–Crippen LogP) is 1.27. The van der Waals surface area contributed by atoms with Crippen LogP contribution in [-0.2, 0) is 4.74 Å². The first kappa shape index (κ1) is 18.5. The number of amides is 1. The van der Waals surface area contributed by atoms with Crippen LogP contribution < -0.4 is 0 Å². The van der Waals surface area contributed by atoms with Crippen LogP contribution in [0.1, 0.15) is 44.0 Å². The molecule has 10 nitrogen and oxygen atoms in total. The second-order valence-corrected chi connectivity index (χ2v) is 6.52. The van der Waals surface area contributed by atoms with Crippen LogP contribution >= 0.6 is 0 Å². The fourth-order valence-electron chi connectivity index (χ4n) is 3.12. The lowest BCUT2D eigenvalue weighted by molar-refractivity contribution is 0.0474. The van der Waals surface area contributed by atoms with E-state index in [0.29, 0.717) is 5.69 Å². The maximum absolute atomic E-state index is 12.4. The SMILES string of the molecule is O=C(COC(=O)c1cccnc1-n1cncn1)c1c[nH]c(C(=O)N2CCCC2)c1. The summed E-state index contributed by atoms with van der Waals surface area (Å²) in [6, 6.07) is 4.60. The molecule has 0 aromatic carbocycles. The number of nitrogens with one attached hydrogen (secondary N) is 1. The molecule has 3 aromatic rings. The second kappa shape index (κ2) is 8.05. The van der Waals surface area contributed by atoms with Crippen LogP contribution in [0.3, 0.4) is 0 Å². The Labute approximate surface area is 165 Å². The molecule has 0 saturated carbocycles. The van der Waals surface area contributed by atoms with E-state index in [1.165, 1.54) is 41.9 Å². The number of rotatable bonds is 6. The Hall–Kier alpha value is -3.82. The third kappa shape index (κ3) is 3.91. The predicted molar refractivity (Wildman–Crippen MR) is 99.7 cm³/mol. The largest absolute Gasteiger partial charge is 0.454 e. The molecule has 4 heterocycles. The number of carbonyl (C=O) groups is 3. The number of Topliss-reactive ketones (excluding diaryl/α,β-unsaturated/α-hetero) is 1. The standard InChI is InChI=1S/C19H18N6O4/c26-16(13-8-15(22-9-13)18(27)24-6-1-2-7-24)10-29-19(28)14-4-3-5-21-17(14)25-12-20-11-23-25/h3-5,8-9,11-12,22H,1-2,6-7,10H2. The summed E-state index contributed by atoms with van der Waals surface area (Å²) in [4.78, 5) is 49.7. The average Bonchev–Trinajstić information content (AvgIpc) is 3.52. The Balaban J connectivity index is 1.40. The molecule has 3 aromatic heterocycles. The van der Waals surface area contributed by atoms with Gasteiger partial charge >= 0.3 is 5.97 Å². The van der Waals surface area contributed by atoms with Gasteiger partial charge in [-0.05, 0) is 31.0 Å². The molecular formula is C19H18N6O4. The van der Waals surface area contributed by atoms with Crippen molar-refractivity contribution in [3.63, 3.8) is 0 Å². The molecule has 148 valence electrons. The molecule has 0 radical (unpaired) electrons. The number of esters is 1. The van der Waals surface area contributed by atoms with Gasteiger partial charge in [-0.25, -0.2) is 19.4 Å². The van der Waals surface area contributed by atoms with Crippen LogP contribution in [0.4, 0.5) is 0 Å². The van der Waals surface area contributed by atoms with Crippen LogP contribution in [0.5, 0.6) is 0 Å². The van der Waals surface area contributed by atoms with Crippen molar-refractivity contribution in [3.8, 4) is 5.82 Å². The Morgan fingerprint density at radius 2 is 2.03 bits per heavy atom. The minimum Gasteiger partial charge on any atom is -0.454 e. The van der Waals surface area contributed by atoms with Crippen molar-refractivity contribution in [2.24, 2.45) is 0 Å².